The molecular weight excluding hydrogens is 368 g/mol. The first kappa shape index (κ1) is 17.7. The zero-order valence-electron chi connectivity index (χ0n) is 16.5. The van der Waals surface area contributed by atoms with Crippen molar-refractivity contribution in [2.75, 3.05) is 24.5 Å². The lowest BCUT2D eigenvalue weighted by atomic mass is 10.1. The fourth-order valence-corrected chi connectivity index (χ4v) is 5.52. The van der Waals surface area contributed by atoms with Crippen LogP contribution in [0.5, 0.6) is 0 Å². The predicted octanol–water partition coefficient (Wildman–Crippen LogP) is 3.83. The molecule has 6 nitrogen and oxygen atoms in total. The number of nitrogens with one attached hydrogen (secondary N) is 1. The molecule has 1 spiro atoms. The van der Waals surface area contributed by atoms with E-state index in [2.05, 4.69) is 56.2 Å². The molecule has 0 amide bonds. The summed E-state index contributed by atoms with van der Waals surface area (Å²) < 4.78 is 0. The van der Waals surface area contributed by atoms with Crippen LogP contribution in [-0.2, 0) is 6.42 Å². The third-order valence-electron chi connectivity index (χ3n) is 6.07. The summed E-state index contributed by atoms with van der Waals surface area (Å²) in [6, 6.07) is 2.08. The van der Waals surface area contributed by atoms with Crippen LogP contribution in [0.25, 0.3) is 11.0 Å². The van der Waals surface area contributed by atoms with Crippen molar-refractivity contribution in [1.29, 1.82) is 0 Å². The molecule has 1 aliphatic carbocycles. The maximum Gasteiger partial charge on any atom is 0.142 e. The third kappa shape index (κ3) is 2.98. The first-order valence-corrected chi connectivity index (χ1v) is 10.8. The Balaban J connectivity index is 1.39. The fraction of sp³-hybridized carbons (Fsp3) is 0.476. The Bertz CT molecular complexity index is 1030. The van der Waals surface area contributed by atoms with Gasteiger partial charge in [0.1, 0.15) is 17.8 Å². The SMILES string of the molecule is C=C(Cc1sc(C)nc1C)N1CCCN(c2ncnc3[nH]ccc23)CC12CC2. The third-order valence-corrected chi connectivity index (χ3v) is 7.15. The number of aryl methyl sites for hydroxylation is 2. The van der Waals surface area contributed by atoms with Gasteiger partial charge in [-0.2, -0.15) is 0 Å². The van der Waals surface area contributed by atoms with Crippen molar-refractivity contribution in [2.45, 2.75) is 45.1 Å². The van der Waals surface area contributed by atoms with Crippen molar-refractivity contribution in [2.24, 2.45) is 0 Å². The summed E-state index contributed by atoms with van der Waals surface area (Å²) in [7, 11) is 0. The molecule has 28 heavy (non-hydrogen) atoms. The van der Waals surface area contributed by atoms with Crippen LogP contribution in [0.15, 0.2) is 30.9 Å². The zero-order valence-corrected chi connectivity index (χ0v) is 17.3. The maximum atomic E-state index is 4.64. The van der Waals surface area contributed by atoms with Crippen LogP contribution in [0.2, 0.25) is 0 Å². The summed E-state index contributed by atoms with van der Waals surface area (Å²) in [5.74, 6) is 1.05. The Labute approximate surface area is 169 Å². The quantitative estimate of drug-likeness (QED) is 0.729. The van der Waals surface area contributed by atoms with E-state index in [1.165, 1.54) is 23.4 Å². The molecule has 5 rings (SSSR count). The average molecular weight is 395 g/mol. The van der Waals surface area contributed by atoms with Crippen LogP contribution in [0.1, 0.15) is 34.8 Å². The molecule has 1 aliphatic heterocycles. The van der Waals surface area contributed by atoms with E-state index in [1.807, 2.05) is 6.20 Å². The normalized spacial score (nSPS) is 18.6. The second-order valence-corrected chi connectivity index (χ2v) is 9.36. The lowest BCUT2D eigenvalue weighted by Gasteiger charge is -2.35. The van der Waals surface area contributed by atoms with Gasteiger partial charge in [-0.25, -0.2) is 15.0 Å². The molecular formula is C21H26N6S. The molecule has 0 aromatic carbocycles. The largest absolute Gasteiger partial charge is 0.367 e. The predicted molar refractivity (Wildman–Crippen MR) is 114 cm³/mol. The molecule has 2 fully saturated rings. The van der Waals surface area contributed by atoms with E-state index in [-0.39, 0.29) is 5.54 Å². The van der Waals surface area contributed by atoms with E-state index in [1.54, 1.807) is 17.7 Å². The molecule has 1 N–H and O–H groups in total. The molecule has 3 aromatic heterocycles. The standard InChI is InChI=1S/C21H26N6S/c1-14(11-18-15(2)25-16(3)28-18)27-10-4-9-26(12-21(27)6-7-21)20-17-5-8-22-19(17)23-13-24-20/h5,8,13H,1,4,6-7,9-12H2,2-3H3,(H,22,23,24). The van der Waals surface area contributed by atoms with Crippen LogP contribution in [0.4, 0.5) is 5.82 Å². The molecule has 4 heterocycles. The molecule has 3 aromatic rings. The highest BCUT2D eigenvalue weighted by Crippen LogP contribution is 2.47. The summed E-state index contributed by atoms with van der Waals surface area (Å²) in [6.07, 6.45) is 8.09. The topological polar surface area (TPSA) is 60.9 Å². The molecule has 7 heteroatoms. The highest BCUT2D eigenvalue weighted by Gasteiger charge is 2.50. The van der Waals surface area contributed by atoms with E-state index < -0.39 is 0 Å². The zero-order chi connectivity index (χ0) is 19.3. The van der Waals surface area contributed by atoms with Crippen molar-refractivity contribution >= 4 is 28.2 Å². The molecule has 0 radical (unpaired) electrons. The summed E-state index contributed by atoms with van der Waals surface area (Å²) >= 11 is 1.80. The summed E-state index contributed by atoms with van der Waals surface area (Å²) in [4.78, 5) is 23.2. The first-order valence-electron chi connectivity index (χ1n) is 9.97. The molecule has 1 saturated heterocycles. The lowest BCUT2D eigenvalue weighted by Crippen LogP contribution is -2.43. The van der Waals surface area contributed by atoms with Gasteiger partial charge in [-0.3, -0.25) is 0 Å². The van der Waals surface area contributed by atoms with Crippen molar-refractivity contribution in [1.82, 2.24) is 24.8 Å². The summed E-state index contributed by atoms with van der Waals surface area (Å²) in [5.41, 5.74) is 3.51. The Morgan fingerprint density at radius 2 is 2.14 bits per heavy atom. The van der Waals surface area contributed by atoms with Crippen molar-refractivity contribution in [3.05, 3.63) is 46.4 Å². The molecule has 0 bridgehead atoms. The van der Waals surface area contributed by atoms with Gasteiger partial charge in [-0.1, -0.05) is 6.58 Å². The highest BCUT2D eigenvalue weighted by molar-refractivity contribution is 7.11. The van der Waals surface area contributed by atoms with Crippen molar-refractivity contribution in [3.63, 3.8) is 0 Å². The van der Waals surface area contributed by atoms with Crippen molar-refractivity contribution in [3.8, 4) is 0 Å². The van der Waals surface area contributed by atoms with E-state index in [4.69, 9.17) is 0 Å². The number of aromatic amines is 1. The molecule has 1 saturated carbocycles. The number of hydrogen-bond acceptors (Lipinski definition) is 6. The second kappa shape index (κ2) is 6.58. The number of fused-ring (bicyclic) bond motifs is 1. The highest BCUT2D eigenvalue weighted by atomic mass is 32.1. The number of H-pyrrole nitrogens is 1. The summed E-state index contributed by atoms with van der Waals surface area (Å²) in [6.45, 7) is 11.8. The van der Waals surface area contributed by atoms with Crippen LogP contribution in [-0.4, -0.2) is 50.0 Å². The van der Waals surface area contributed by atoms with Crippen LogP contribution in [0, 0.1) is 13.8 Å². The first-order chi connectivity index (χ1) is 13.6. The average Bonchev–Trinajstić information content (AvgIpc) is 3.21. The number of thiazole rings is 1. The van der Waals surface area contributed by atoms with Crippen LogP contribution < -0.4 is 4.90 Å². The van der Waals surface area contributed by atoms with E-state index in [9.17, 15) is 0 Å². The van der Waals surface area contributed by atoms with Gasteiger partial charge < -0.3 is 14.8 Å². The fourth-order valence-electron chi connectivity index (χ4n) is 4.55. The van der Waals surface area contributed by atoms with Gasteiger partial charge in [0, 0.05) is 42.8 Å². The minimum atomic E-state index is 0.203. The number of rotatable bonds is 4. The molecule has 0 unspecified atom stereocenters. The Hall–Kier alpha value is -2.41. The molecule has 146 valence electrons. The number of hydrogen-bond donors (Lipinski definition) is 1. The second-order valence-electron chi connectivity index (χ2n) is 8.07. The van der Waals surface area contributed by atoms with E-state index in [0.29, 0.717) is 0 Å². The molecule has 0 atom stereocenters. The van der Waals surface area contributed by atoms with Crippen LogP contribution in [0.3, 0.4) is 0 Å². The van der Waals surface area contributed by atoms with Crippen LogP contribution >= 0.6 is 11.3 Å². The minimum Gasteiger partial charge on any atom is -0.367 e. The Morgan fingerprint density at radius 3 is 2.89 bits per heavy atom. The Morgan fingerprint density at radius 1 is 1.29 bits per heavy atom. The minimum absolute atomic E-state index is 0.203. The number of nitrogens with zero attached hydrogens (tertiary/aromatic N) is 5. The van der Waals surface area contributed by atoms with Gasteiger partial charge in [0.25, 0.3) is 0 Å². The smallest absolute Gasteiger partial charge is 0.142 e. The summed E-state index contributed by atoms with van der Waals surface area (Å²) in [5, 5.41) is 2.25. The maximum absolute atomic E-state index is 4.64. The van der Waals surface area contributed by atoms with Gasteiger partial charge in [0.05, 0.1) is 21.6 Å². The van der Waals surface area contributed by atoms with Crippen molar-refractivity contribution < 1.29 is 0 Å². The van der Waals surface area contributed by atoms with Gasteiger partial charge in [0.2, 0.25) is 0 Å². The van der Waals surface area contributed by atoms with Gasteiger partial charge in [-0.05, 0) is 39.2 Å². The lowest BCUT2D eigenvalue weighted by molar-refractivity contribution is 0.246. The van der Waals surface area contributed by atoms with Gasteiger partial charge in [0.15, 0.2) is 0 Å². The monoisotopic (exact) mass is 394 g/mol. The Kier molecular flexibility index (Phi) is 4.16. The molecule has 2 aliphatic rings. The number of aromatic nitrogens is 4. The number of anilines is 1. The van der Waals surface area contributed by atoms with E-state index in [0.717, 1.165) is 60.0 Å². The van der Waals surface area contributed by atoms with E-state index >= 15 is 0 Å². The van der Waals surface area contributed by atoms with Gasteiger partial charge in [-0.15, -0.1) is 11.3 Å². The number of allylic oxidation sites excluding steroid dienone is 1. The van der Waals surface area contributed by atoms with Gasteiger partial charge >= 0.3 is 0 Å².